The summed E-state index contributed by atoms with van der Waals surface area (Å²) in [6.07, 6.45) is 2.85. The maximum absolute atomic E-state index is 4.64. The minimum atomic E-state index is 0. The van der Waals surface area contributed by atoms with Crippen molar-refractivity contribution in [2.45, 2.75) is 13.0 Å². The molecular formula is C21H31IN6. The van der Waals surface area contributed by atoms with Crippen LogP contribution >= 0.6 is 24.0 Å². The largest absolute Gasteiger partial charge is 0.356 e. The van der Waals surface area contributed by atoms with Gasteiger partial charge in [-0.15, -0.1) is 24.0 Å². The Hall–Kier alpha value is -1.87. The molecule has 0 saturated carbocycles. The topological polar surface area (TPSA) is 55.8 Å². The normalized spacial score (nSPS) is 15.1. The number of pyridine rings is 1. The number of halogens is 1. The number of aromatic nitrogens is 1. The molecule has 152 valence electrons. The summed E-state index contributed by atoms with van der Waals surface area (Å²) < 4.78 is 0. The van der Waals surface area contributed by atoms with Gasteiger partial charge in [0.25, 0.3) is 0 Å². The van der Waals surface area contributed by atoms with Gasteiger partial charge in [-0.3, -0.25) is 4.99 Å². The number of anilines is 1. The molecule has 3 rings (SSSR count). The molecule has 2 aromatic rings. The zero-order valence-corrected chi connectivity index (χ0v) is 19.1. The first-order chi connectivity index (χ1) is 13.3. The molecule has 1 saturated heterocycles. The van der Waals surface area contributed by atoms with Gasteiger partial charge in [0, 0.05) is 58.1 Å². The predicted octanol–water partition coefficient (Wildman–Crippen LogP) is 2.36. The Bertz CT molecular complexity index is 729. The summed E-state index contributed by atoms with van der Waals surface area (Å²) in [5.74, 6) is 1.90. The fourth-order valence-corrected chi connectivity index (χ4v) is 3.24. The lowest BCUT2D eigenvalue weighted by Crippen LogP contribution is -2.45. The summed E-state index contributed by atoms with van der Waals surface area (Å²) in [5, 5.41) is 6.81. The first-order valence-corrected chi connectivity index (χ1v) is 9.62. The average Bonchev–Trinajstić information content (AvgIpc) is 2.72. The SMILES string of the molecule is CN=C(NCCc1ccccc1)NCc1cccnc1N1CCN(C)CC1.I. The number of likely N-dealkylation sites (N-methyl/N-ethyl adjacent to an activating group) is 1. The van der Waals surface area contributed by atoms with Crippen molar-refractivity contribution in [3.8, 4) is 0 Å². The van der Waals surface area contributed by atoms with Crippen molar-refractivity contribution < 1.29 is 0 Å². The Morgan fingerprint density at radius 1 is 1.04 bits per heavy atom. The van der Waals surface area contributed by atoms with Crippen LogP contribution in [0.25, 0.3) is 0 Å². The van der Waals surface area contributed by atoms with E-state index in [2.05, 4.69) is 67.8 Å². The number of aliphatic imine (C=N–C) groups is 1. The Kier molecular flexibility index (Phi) is 9.49. The molecule has 1 fully saturated rings. The zero-order chi connectivity index (χ0) is 18.9. The second-order valence-electron chi connectivity index (χ2n) is 6.86. The van der Waals surface area contributed by atoms with Crippen LogP contribution in [-0.2, 0) is 13.0 Å². The summed E-state index contributed by atoms with van der Waals surface area (Å²) in [6.45, 7) is 5.75. The van der Waals surface area contributed by atoms with Crippen LogP contribution in [0.15, 0.2) is 53.7 Å². The van der Waals surface area contributed by atoms with Gasteiger partial charge < -0.3 is 20.4 Å². The van der Waals surface area contributed by atoms with E-state index in [9.17, 15) is 0 Å². The number of nitrogens with one attached hydrogen (secondary N) is 2. The quantitative estimate of drug-likeness (QED) is 0.367. The van der Waals surface area contributed by atoms with Crippen molar-refractivity contribution in [2.75, 3.05) is 51.7 Å². The minimum Gasteiger partial charge on any atom is -0.356 e. The van der Waals surface area contributed by atoms with Crippen LogP contribution in [0.4, 0.5) is 5.82 Å². The monoisotopic (exact) mass is 494 g/mol. The maximum Gasteiger partial charge on any atom is 0.191 e. The highest BCUT2D eigenvalue weighted by atomic mass is 127. The summed E-state index contributed by atoms with van der Waals surface area (Å²) in [5.41, 5.74) is 2.53. The lowest BCUT2D eigenvalue weighted by molar-refractivity contribution is 0.312. The van der Waals surface area contributed by atoms with E-state index in [1.165, 1.54) is 11.1 Å². The van der Waals surface area contributed by atoms with E-state index in [4.69, 9.17) is 0 Å². The summed E-state index contributed by atoms with van der Waals surface area (Å²) in [4.78, 5) is 13.7. The van der Waals surface area contributed by atoms with E-state index < -0.39 is 0 Å². The molecule has 1 aromatic carbocycles. The third kappa shape index (κ3) is 6.63. The van der Waals surface area contributed by atoms with E-state index in [0.29, 0.717) is 6.54 Å². The van der Waals surface area contributed by atoms with Crippen molar-refractivity contribution in [1.82, 2.24) is 20.5 Å². The highest BCUT2D eigenvalue weighted by Gasteiger charge is 2.17. The standard InChI is InChI=1S/C21H30N6.HI/c1-22-21(24-12-10-18-7-4-3-5-8-18)25-17-19-9-6-11-23-20(19)27-15-13-26(2)14-16-27;/h3-9,11H,10,12-17H2,1-2H3,(H2,22,24,25);1H. The number of rotatable bonds is 6. The Morgan fingerprint density at radius 3 is 2.50 bits per heavy atom. The second kappa shape index (κ2) is 11.9. The lowest BCUT2D eigenvalue weighted by Gasteiger charge is -2.34. The Balaban J connectivity index is 0.00000280. The smallest absolute Gasteiger partial charge is 0.191 e. The maximum atomic E-state index is 4.64. The van der Waals surface area contributed by atoms with Gasteiger partial charge in [0.1, 0.15) is 5.82 Å². The molecule has 0 atom stereocenters. The van der Waals surface area contributed by atoms with Gasteiger partial charge in [-0.05, 0) is 25.1 Å². The van der Waals surface area contributed by atoms with Gasteiger partial charge in [-0.1, -0.05) is 36.4 Å². The summed E-state index contributed by atoms with van der Waals surface area (Å²) in [7, 11) is 3.98. The van der Waals surface area contributed by atoms with Crippen molar-refractivity contribution in [3.63, 3.8) is 0 Å². The van der Waals surface area contributed by atoms with E-state index in [-0.39, 0.29) is 24.0 Å². The van der Waals surface area contributed by atoms with Gasteiger partial charge in [0.05, 0.1) is 0 Å². The van der Waals surface area contributed by atoms with Crippen molar-refractivity contribution >= 4 is 35.8 Å². The molecule has 1 aliphatic heterocycles. The van der Waals surface area contributed by atoms with Gasteiger partial charge in [-0.25, -0.2) is 4.98 Å². The first kappa shape index (κ1) is 22.4. The number of nitrogens with zero attached hydrogens (tertiary/aromatic N) is 4. The van der Waals surface area contributed by atoms with Crippen LogP contribution in [0.3, 0.4) is 0 Å². The number of hydrogen-bond donors (Lipinski definition) is 2. The lowest BCUT2D eigenvalue weighted by atomic mass is 10.1. The van der Waals surface area contributed by atoms with Crippen LogP contribution in [0, 0.1) is 0 Å². The van der Waals surface area contributed by atoms with Crippen LogP contribution in [-0.4, -0.2) is 62.7 Å². The summed E-state index contributed by atoms with van der Waals surface area (Å²) >= 11 is 0. The third-order valence-corrected chi connectivity index (χ3v) is 4.89. The highest BCUT2D eigenvalue weighted by molar-refractivity contribution is 14.0. The average molecular weight is 494 g/mol. The van der Waals surface area contributed by atoms with E-state index >= 15 is 0 Å². The molecule has 1 aliphatic rings. The van der Waals surface area contributed by atoms with E-state index in [1.54, 1.807) is 0 Å². The molecule has 0 bridgehead atoms. The fourth-order valence-electron chi connectivity index (χ4n) is 3.24. The number of benzene rings is 1. The predicted molar refractivity (Wildman–Crippen MR) is 128 cm³/mol. The molecular weight excluding hydrogens is 463 g/mol. The Morgan fingerprint density at radius 2 is 1.79 bits per heavy atom. The number of piperazine rings is 1. The van der Waals surface area contributed by atoms with Crippen LogP contribution in [0.5, 0.6) is 0 Å². The van der Waals surface area contributed by atoms with Crippen molar-refractivity contribution in [2.24, 2.45) is 4.99 Å². The molecule has 7 heteroatoms. The van der Waals surface area contributed by atoms with Gasteiger partial charge in [0.15, 0.2) is 5.96 Å². The highest BCUT2D eigenvalue weighted by Crippen LogP contribution is 2.18. The van der Waals surface area contributed by atoms with Crippen LogP contribution < -0.4 is 15.5 Å². The van der Waals surface area contributed by atoms with Crippen molar-refractivity contribution in [1.29, 1.82) is 0 Å². The molecule has 0 spiro atoms. The number of guanidine groups is 1. The fraction of sp³-hybridized carbons (Fsp3) is 0.429. The second-order valence-corrected chi connectivity index (χ2v) is 6.86. The minimum absolute atomic E-state index is 0. The molecule has 0 radical (unpaired) electrons. The van der Waals surface area contributed by atoms with Gasteiger partial charge in [0.2, 0.25) is 0 Å². The molecule has 1 aromatic heterocycles. The molecule has 0 aliphatic carbocycles. The molecule has 2 N–H and O–H groups in total. The van der Waals surface area contributed by atoms with Gasteiger partial charge in [-0.2, -0.15) is 0 Å². The molecule has 0 unspecified atom stereocenters. The van der Waals surface area contributed by atoms with Gasteiger partial charge >= 0.3 is 0 Å². The molecule has 2 heterocycles. The van der Waals surface area contributed by atoms with Crippen molar-refractivity contribution in [3.05, 3.63) is 59.8 Å². The van der Waals surface area contributed by atoms with Crippen LogP contribution in [0.2, 0.25) is 0 Å². The van der Waals surface area contributed by atoms with Crippen LogP contribution in [0.1, 0.15) is 11.1 Å². The molecule has 6 nitrogen and oxygen atoms in total. The third-order valence-electron chi connectivity index (χ3n) is 4.89. The number of hydrogen-bond acceptors (Lipinski definition) is 4. The first-order valence-electron chi connectivity index (χ1n) is 9.62. The van der Waals surface area contributed by atoms with E-state index in [1.807, 2.05) is 25.4 Å². The Labute approximate surface area is 185 Å². The van der Waals surface area contributed by atoms with E-state index in [0.717, 1.165) is 50.9 Å². The molecule has 0 amide bonds. The zero-order valence-electron chi connectivity index (χ0n) is 16.8. The summed E-state index contributed by atoms with van der Waals surface area (Å²) in [6, 6.07) is 14.6. The molecule has 28 heavy (non-hydrogen) atoms.